The molecule has 1 N–H and O–H groups in total. The van der Waals surface area contributed by atoms with Gasteiger partial charge in [0.1, 0.15) is 11.7 Å². The number of aromatic nitrogens is 4. The third kappa shape index (κ3) is 4.21. The highest BCUT2D eigenvalue weighted by Gasteiger charge is 2.12. The second kappa shape index (κ2) is 8.63. The number of benzene rings is 2. The number of nitrogens with zero attached hydrogens (tertiary/aromatic N) is 5. The molecule has 2 aromatic carbocycles. The number of rotatable bonds is 6. The number of nitriles is 1. The van der Waals surface area contributed by atoms with Crippen LogP contribution in [0.15, 0.2) is 65.8 Å². The monoisotopic (exact) mass is 412 g/mol. The molecule has 0 spiro atoms. The Morgan fingerprint density at radius 1 is 1.19 bits per heavy atom. The second-order valence-electron chi connectivity index (χ2n) is 7.16. The lowest BCUT2D eigenvalue weighted by atomic mass is 10.1. The van der Waals surface area contributed by atoms with Gasteiger partial charge in [-0.2, -0.15) is 10.4 Å². The zero-order valence-electron chi connectivity index (χ0n) is 16.9. The summed E-state index contributed by atoms with van der Waals surface area (Å²) in [6, 6.07) is 16.4. The first kappa shape index (κ1) is 20.0. The predicted molar refractivity (Wildman–Crippen MR) is 116 cm³/mol. The number of amides is 1. The van der Waals surface area contributed by atoms with Crippen LogP contribution >= 0.6 is 0 Å². The molecule has 0 unspecified atom stereocenters. The van der Waals surface area contributed by atoms with Gasteiger partial charge < -0.3 is 5.32 Å². The smallest absolute Gasteiger partial charge is 0.264 e. The Balaban J connectivity index is 1.46. The van der Waals surface area contributed by atoms with Crippen LogP contribution in [0.3, 0.4) is 0 Å². The van der Waals surface area contributed by atoms with Gasteiger partial charge in [-0.1, -0.05) is 30.3 Å². The van der Waals surface area contributed by atoms with Crippen LogP contribution in [-0.4, -0.2) is 31.8 Å². The Morgan fingerprint density at radius 2 is 2.03 bits per heavy atom. The Hall–Kier alpha value is -4.25. The third-order valence-electron chi connectivity index (χ3n) is 5.09. The average molecular weight is 412 g/mol. The van der Waals surface area contributed by atoms with E-state index >= 15 is 0 Å². The predicted octanol–water partition coefficient (Wildman–Crippen LogP) is 2.25. The molecule has 2 heterocycles. The Labute approximate surface area is 178 Å². The van der Waals surface area contributed by atoms with Crippen LogP contribution in [0.5, 0.6) is 0 Å². The SMILES string of the molecule is Cc1ccccc1Cn1cnc2c(cnn2CCNC(=O)c2cccc(C#N)c2)c1=O. The number of fused-ring (bicyclic) bond motifs is 1. The van der Waals surface area contributed by atoms with Crippen LogP contribution in [0, 0.1) is 18.3 Å². The van der Waals surface area contributed by atoms with Gasteiger partial charge in [0, 0.05) is 12.1 Å². The van der Waals surface area contributed by atoms with Crippen molar-refractivity contribution in [1.82, 2.24) is 24.6 Å². The fourth-order valence-electron chi connectivity index (χ4n) is 3.35. The number of carbonyl (C=O) groups excluding carboxylic acids is 1. The molecule has 8 nitrogen and oxygen atoms in total. The molecule has 2 aromatic heterocycles. The topological polar surface area (TPSA) is 106 Å². The normalized spacial score (nSPS) is 10.7. The summed E-state index contributed by atoms with van der Waals surface area (Å²) in [7, 11) is 0. The highest BCUT2D eigenvalue weighted by molar-refractivity contribution is 5.94. The molecule has 31 heavy (non-hydrogen) atoms. The molecule has 0 fully saturated rings. The summed E-state index contributed by atoms with van der Waals surface area (Å²) in [6.45, 7) is 3.12. The lowest BCUT2D eigenvalue weighted by molar-refractivity contribution is 0.0952. The van der Waals surface area contributed by atoms with E-state index in [4.69, 9.17) is 5.26 Å². The molecular formula is C23H20N6O2. The van der Waals surface area contributed by atoms with E-state index in [9.17, 15) is 9.59 Å². The zero-order chi connectivity index (χ0) is 21.8. The number of hydrogen-bond donors (Lipinski definition) is 1. The van der Waals surface area contributed by atoms with Crippen molar-refractivity contribution in [3.05, 3.63) is 93.7 Å². The van der Waals surface area contributed by atoms with Crippen LogP contribution in [0.1, 0.15) is 27.0 Å². The molecule has 4 rings (SSSR count). The van der Waals surface area contributed by atoms with Gasteiger partial charge in [0.05, 0.1) is 30.9 Å². The molecule has 0 saturated heterocycles. The molecular weight excluding hydrogens is 392 g/mol. The number of hydrogen-bond acceptors (Lipinski definition) is 5. The third-order valence-corrected chi connectivity index (χ3v) is 5.09. The van der Waals surface area contributed by atoms with E-state index in [-0.39, 0.29) is 11.5 Å². The minimum absolute atomic E-state index is 0.156. The number of nitrogens with one attached hydrogen (secondary N) is 1. The summed E-state index contributed by atoms with van der Waals surface area (Å²) in [6.07, 6.45) is 3.04. The van der Waals surface area contributed by atoms with Crippen LogP contribution < -0.4 is 10.9 Å². The van der Waals surface area contributed by atoms with Crippen molar-refractivity contribution in [2.75, 3.05) is 6.54 Å². The van der Waals surface area contributed by atoms with Crippen molar-refractivity contribution >= 4 is 16.9 Å². The molecule has 0 atom stereocenters. The molecule has 1 amide bonds. The Bertz CT molecular complexity index is 1360. The maximum absolute atomic E-state index is 12.9. The van der Waals surface area contributed by atoms with Gasteiger partial charge in [-0.3, -0.25) is 14.2 Å². The van der Waals surface area contributed by atoms with Gasteiger partial charge in [-0.15, -0.1) is 0 Å². The summed E-state index contributed by atoms with van der Waals surface area (Å²) in [5, 5.41) is 16.5. The van der Waals surface area contributed by atoms with Gasteiger partial charge >= 0.3 is 0 Å². The fourth-order valence-corrected chi connectivity index (χ4v) is 3.35. The van der Waals surface area contributed by atoms with Gasteiger partial charge in [-0.25, -0.2) is 9.67 Å². The van der Waals surface area contributed by atoms with Gasteiger partial charge in [0.2, 0.25) is 0 Å². The van der Waals surface area contributed by atoms with Crippen LogP contribution in [-0.2, 0) is 13.1 Å². The first-order chi connectivity index (χ1) is 15.1. The highest BCUT2D eigenvalue weighted by atomic mass is 16.1. The minimum atomic E-state index is -0.276. The van der Waals surface area contributed by atoms with Gasteiger partial charge in [0.25, 0.3) is 11.5 Å². The minimum Gasteiger partial charge on any atom is -0.350 e. The molecule has 0 saturated carbocycles. The number of carbonyl (C=O) groups is 1. The fraction of sp³-hybridized carbons (Fsp3) is 0.174. The summed E-state index contributed by atoms with van der Waals surface area (Å²) >= 11 is 0. The lowest BCUT2D eigenvalue weighted by Gasteiger charge is -2.09. The van der Waals surface area contributed by atoms with Crippen molar-refractivity contribution in [1.29, 1.82) is 5.26 Å². The van der Waals surface area contributed by atoms with Crippen molar-refractivity contribution in [2.24, 2.45) is 0 Å². The van der Waals surface area contributed by atoms with E-state index in [1.54, 1.807) is 27.4 Å². The summed E-state index contributed by atoms with van der Waals surface area (Å²) < 4.78 is 3.17. The van der Waals surface area contributed by atoms with E-state index < -0.39 is 0 Å². The van der Waals surface area contributed by atoms with E-state index in [1.165, 1.54) is 18.6 Å². The molecule has 0 aliphatic heterocycles. The largest absolute Gasteiger partial charge is 0.350 e. The van der Waals surface area contributed by atoms with Crippen molar-refractivity contribution in [3.63, 3.8) is 0 Å². The Morgan fingerprint density at radius 3 is 2.84 bits per heavy atom. The van der Waals surface area contributed by atoms with E-state index in [0.29, 0.717) is 41.8 Å². The molecule has 8 heteroatoms. The zero-order valence-corrected chi connectivity index (χ0v) is 16.9. The molecule has 154 valence electrons. The first-order valence-corrected chi connectivity index (χ1v) is 9.80. The van der Waals surface area contributed by atoms with Gasteiger partial charge in [-0.05, 0) is 36.2 Å². The van der Waals surface area contributed by atoms with Crippen molar-refractivity contribution < 1.29 is 4.79 Å². The standard InChI is InChI=1S/C23H20N6O2/c1-16-5-2-3-7-19(16)14-28-15-26-21-20(23(28)31)13-27-29(21)10-9-25-22(30)18-8-4-6-17(11-18)12-24/h2-8,11,13,15H,9-10,14H2,1H3,(H,25,30). The summed E-state index contributed by atoms with van der Waals surface area (Å²) in [4.78, 5) is 29.6. The van der Waals surface area contributed by atoms with E-state index in [1.807, 2.05) is 37.3 Å². The average Bonchev–Trinajstić information content (AvgIpc) is 3.21. The molecule has 4 aromatic rings. The quantitative estimate of drug-likeness (QED) is 0.523. The van der Waals surface area contributed by atoms with Crippen LogP contribution in [0.2, 0.25) is 0 Å². The maximum atomic E-state index is 12.9. The van der Waals surface area contributed by atoms with Crippen LogP contribution in [0.4, 0.5) is 0 Å². The van der Waals surface area contributed by atoms with Crippen LogP contribution in [0.25, 0.3) is 11.0 Å². The summed E-state index contributed by atoms with van der Waals surface area (Å²) in [5.41, 5.74) is 3.34. The number of aryl methyl sites for hydroxylation is 1. The molecule has 0 bridgehead atoms. The molecule has 0 aliphatic rings. The molecule has 0 aliphatic carbocycles. The van der Waals surface area contributed by atoms with Crippen molar-refractivity contribution in [3.8, 4) is 6.07 Å². The second-order valence-corrected chi connectivity index (χ2v) is 7.16. The molecule has 0 radical (unpaired) electrons. The van der Waals surface area contributed by atoms with E-state index in [0.717, 1.165) is 11.1 Å². The Kier molecular flexibility index (Phi) is 5.58. The van der Waals surface area contributed by atoms with Crippen molar-refractivity contribution in [2.45, 2.75) is 20.0 Å². The van der Waals surface area contributed by atoms with E-state index in [2.05, 4.69) is 15.4 Å². The summed E-state index contributed by atoms with van der Waals surface area (Å²) in [5.74, 6) is -0.276. The first-order valence-electron chi connectivity index (χ1n) is 9.80. The van der Waals surface area contributed by atoms with Gasteiger partial charge in [0.15, 0.2) is 5.65 Å². The highest BCUT2D eigenvalue weighted by Crippen LogP contribution is 2.10. The lowest BCUT2D eigenvalue weighted by Crippen LogP contribution is -2.28. The maximum Gasteiger partial charge on any atom is 0.264 e.